The molecule has 0 aliphatic rings. The van der Waals surface area contributed by atoms with Crippen molar-refractivity contribution >= 4 is 12.6 Å². The van der Waals surface area contributed by atoms with Crippen molar-refractivity contribution in [3.05, 3.63) is 0 Å². The fourth-order valence-corrected chi connectivity index (χ4v) is 1.34. The van der Waals surface area contributed by atoms with Crippen LogP contribution in [-0.4, -0.2) is 12.6 Å². The summed E-state index contributed by atoms with van der Waals surface area (Å²) in [5, 5.41) is 0. The van der Waals surface area contributed by atoms with E-state index in [1.807, 2.05) is 27.7 Å². The Balaban J connectivity index is 4.57. The number of aldehydes is 2. The standard InChI is InChI=1S/C10H18O2/c1-8(2)5-10(6-11,7-12)9(3)4/h6-9H,5H2,1-4H3. The van der Waals surface area contributed by atoms with Gasteiger partial charge in [0.2, 0.25) is 0 Å². The van der Waals surface area contributed by atoms with E-state index in [0.717, 1.165) is 12.6 Å². The van der Waals surface area contributed by atoms with Gasteiger partial charge in [-0.15, -0.1) is 0 Å². The molecule has 0 aliphatic carbocycles. The summed E-state index contributed by atoms with van der Waals surface area (Å²) in [6, 6.07) is 0. The minimum absolute atomic E-state index is 0.0925. The maximum Gasteiger partial charge on any atom is 0.133 e. The van der Waals surface area contributed by atoms with Crippen LogP contribution < -0.4 is 0 Å². The molecular formula is C10H18O2. The van der Waals surface area contributed by atoms with Crippen LogP contribution >= 0.6 is 0 Å². The van der Waals surface area contributed by atoms with Crippen LogP contribution in [0.3, 0.4) is 0 Å². The molecule has 0 saturated heterocycles. The first-order chi connectivity index (χ1) is 5.48. The van der Waals surface area contributed by atoms with Gasteiger partial charge in [-0.2, -0.15) is 0 Å². The first kappa shape index (κ1) is 11.3. The van der Waals surface area contributed by atoms with Gasteiger partial charge in [0, 0.05) is 0 Å². The van der Waals surface area contributed by atoms with Crippen LogP contribution in [0.25, 0.3) is 0 Å². The van der Waals surface area contributed by atoms with Crippen molar-refractivity contribution in [3.8, 4) is 0 Å². The lowest BCUT2D eigenvalue weighted by molar-refractivity contribution is -0.130. The summed E-state index contributed by atoms with van der Waals surface area (Å²) in [5.74, 6) is 0.470. The second-order valence-corrected chi connectivity index (χ2v) is 4.10. The first-order valence-corrected chi connectivity index (χ1v) is 4.41. The van der Waals surface area contributed by atoms with Gasteiger partial charge >= 0.3 is 0 Å². The Morgan fingerprint density at radius 3 is 1.58 bits per heavy atom. The van der Waals surface area contributed by atoms with E-state index in [2.05, 4.69) is 0 Å². The largest absolute Gasteiger partial charge is 0.302 e. The van der Waals surface area contributed by atoms with Crippen molar-refractivity contribution in [2.24, 2.45) is 17.3 Å². The summed E-state index contributed by atoms with van der Waals surface area (Å²) in [6.07, 6.45) is 2.24. The molecule has 0 N–H and O–H groups in total. The predicted octanol–water partition coefficient (Wildman–Crippen LogP) is 2.07. The van der Waals surface area contributed by atoms with Crippen LogP contribution in [0.5, 0.6) is 0 Å². The van der Waals surface area contributed by atoms with E-state index in [4.69, 9.17) is 0 Å². The molecule has 0 aromatic rings. The van der Waals surface area contributed by atoms with Gasteiger partial charge < -0.3 is 9.59 Å². The normalized spacial score (nSPS) is 12.2. The molecule has 2 nitrogen and oxygen atoms in total. The summed E-state index contributed by atoms with van der Waals surface area (Å²) < 4.78 is 0. The summed E-state index contributed by atoms with van der Waals surface area (Å²) >= 11 is 0. The molecule has 0 aromatic heterocycles. The number of hydrogen-bond donors (Lipinski definition) is 0. The van der Waals surface area contributed by atoms with Crippen molar-refractivity contribution in [2.45, 2.75) is 34.1 Å². The number of carbonyl (C=O) groups is 2. The van der Waals surface area contributed by atoms with E-state index in [1.165, 1.54) is 0 Å². The van der Waals surface area contributed by atoms with Crippen molar-refractivity contribution in [3.63, 3.8) is 0 Å². The molecule has 0 radical (unpaired) electrons. The molecule has 0 rings (SSSR count). The molecule has 0 atom stereocenters. The van der Waals surface area contributed by atoms with Gasteiger partial charge in [-0.1, -0.05) is 27.7 Å². The molecule has 0 aliphatic heterocycles. The maximum absolute atomic E-state index is 10.8. The Morgan fingerprint density at radius 2 is 1.50 bits per heavy atom. The molecule has 0 heterocycles. The highest BCUT2D eigenvalue weighted by molar-refractivity contribution is 5.83. The molecule has 0 saturated carbocycles. The van der Waals surface area contributed by atoms with Crippen LogP contribution in [-0.2, 0) is 9.59 Å². The summed E-state index contributed by atoms with van der Waals surface area (Å²) in [7, 11) is 0. The average molecular weight is 170 g/mol. The third-order valence-corrected chi connectivity index (χ3v) is 2.28. The Hall–Kier alpha value is -0.660. The van der Waals surface area contributed by atoms with Crippen LogP contribution in [0, 0.1) is 17.3 Å². The minimum Gasteiger partial charge on any atom is -0.302 e. The van der Waals surface area contributed by atoms with Gasteiger partial charge in [0.1, 0.15) is 12.6 Å². The SMILES string of the molecule is CC(C)CC(C=O)(C=O)C(C)C. The Kier molecular flexibility index (Phi) is 4.15. The lowest BCUT2D eigenvalue weighted by atomic mass is 9.74. The molecule has 70 valence electrons. The number of rotatable bonds is 5. The Morgan fingerprint density at radius 1 is 1.08 bits per heavy atom. The summed E-state index contributed by atoms with van der Waals surface area (Å²) in [5.41, 5.74) is -0.756. The Bertz CT molecular complexity index is 151. The number of carbonyl (C=O) groups excluding carboxylic acids is 2. The molecule has 0 unspecified atom stereocenters. The van der Waals surface area contributed by atoms with Gasteiger partial charge in [0.15, 0.2) is 0 Å². The first-order valence-electron chi connectivity index (χ1n) is 4.41. The highest BCUT2D eigenvalue weighted by Gasteiger charge is 2.33. The smallest absolute Gasteiger partial charge is 0.133 e. The van der Waals surface area contributed by atoms with Gasteiger partial charge in [0.25, 0.3) is 0 Å². The van der Waals surface area contributed by atoms with Crippen molar-refractivity contribution < 1.29 is 9.59 Å². The molecule has 0 aromatic carbocycles. The highest BCUT2D eigenvalue weighted by atomic mass is 16.1. The molecule has 0 spiro atoms. The summed E-state index contributed by atoms with van der Waals surface area (Å²) in [6.45, 7) is 7.85. The maximum atomic E-state index is 10.8. The van der Waals surface area contributed by atoms with E-state index in [-0.39, 0.29) is 5.92 Å². The average Bonchev–Trinajstić information content (AvgIpc) is 1.99. The van der Waals surface area contributed by atoms with E-state index in [0.29, 0.717) is 12.3 Å². The fourth-order valence-electron chi connectivity index (χ4n) is 1.34. The predicted molar refractivity (Wildman–Crippen MR) is 48.9 cm³/mol. The second kappa shape index (κ2) is 4.39. The van der Waals surface area contributed by atoms with Crippen molar-refractivity contribution in [1.82, 2.24) is 0 Å². The van der Waals surface area contributed by atoms with Crippen LogP contribution in [0.2, 0.25) is 0 Å². The van der Waals surface area contributed by atoms with E-state index in [1.54, 1.807) is 0 Å². The lowest BCUT2D eigenvalue weighted by Gasteiger charge is -2.27. The molecule has 12 heavy (non-hydrogen) atoms. The van der Waals surface area contributed by atoms with Gasteiger partial charge in [0.05, 0.1) is 5.41 Å². The molecule has 0 amide bonds. The van der Waals surface area contributed by atoms with Crippen LogP contribution in [0.15, 0.2) is 0 Å². The van der Waals surface area contributed by atoms with Gasteiger partial charge in [-0.25, -0.2) is 0 Å². The third-order valence-electron chi connectivity index (χ3n) is 2.28. The topological polar surface area (TPSA) is 34.1 Å². The molecular weight excluding hydrogens is 152 g/mol. The quantitative estimate of drug-likeness (QED) is 0.467. The molecule has 0 bridgehead atoms. The molecule has 0 fully saturated rings. The lowest BCUT2D eigenvalue weighted by Crippen LogP contribution is -2.32. The van der Waals surface area contributed by atoms with Gasteiger partial charge in [-0.3, -0.25) is 0 Å². The van der Waals surface area contributed by atoms with Crippen molar-refractivity contribution in [2.75, 3.05) is 0 Å². The Labute approximate surface area is 74.3 Å². The van der Waals surface area contributed by atoms with E-state index in [9.17, 15) is 9.59 Å². The molecule has 2 heteroatoms. The van der Waals surface area contributed by atoms with E-state index >= 15 is 0 Å². The third kappa shape index (κ3) is 2.43. The highest BCUT2D eigenvalue weighted by Crippen LogP contribution is 2.30. The minimum atomic E-state index is -0.756. The zero-order chi connectivity index (χ0) is 9.78. The van der Waals surface area contributed by atoms with Gasteiger partial charge in [-0.05, 0) is 18.3 Å². The number of hydrogen-bond acceptors (Lipinski definition) is 2. The zero-order valence-corrected chi connectivity index (χ0v) is 8.33. The zero-order valence-electron chi connectivity index (χ0n) is 8.33. The second-order valence-electron chi connectivity index (χ2n) is 4.10. The monoisotopic (exact) mass is 170 g/mol. The fraction of sp³-hybridized carbons (Fsp3) is 0.800. The van der Waals surface area contributed by atoms with Crippen LogP contribution in [0.4, 0.5) is 0 Å². The van der Waals surface area contributed by atoms with Crippen LogP contribution in [0.1, 0.15) is 34.1 Å². The van der Waals surface area contributed by atoms with Crippen molar-refractivity contribution in [1.29, 1.82) is 0 Å². The van der Waals surface area contributed by atoms with E-state index < -0.39 is 5.41 Å². The summed E-state index contributed by atoms with van der Waals surface area (Å²) in [4.78, 5) is 21.6.